The number of nitrogens with zero attached hydrogens (tertiary/aromatic N) is 3. The molecule has 2 rings (SSSR count). The van der Waals surface area contributed by atoms with Crippen LogP contribution < -0.4 is 0 Å². The third-order valence-electron chi connectivity index (χ3n) is 2.30. The predicted octanol–water partition coefficient (Wildman–Crippen LogP) is 1.63. The summed E-state index contributed by atoms with van der Waals surface area (Å²) < 4.78 is 35.5. The molecule has 0 saturated carbocycles. The Balaban J connectivity index is 2.71. The normalized spacial score (nSPS) is 13.9. The van der Waals surface area contributed by atoms with E-state index in [9.17, 15) is 9.18 Å². The minimum absolute atomic E-state index is 0.0635. The largest absolute Gasteiger partial charge is 0.476 e. The average molecular weight is 238 g/mol. The summed E-state index contributed by atoms with van der Waals surface area (Å²) in [5.41, 5.74) is -0.0929. The maximum atomic E-state index is 12.9. The first kappa shape index (κ1) is 7.94. The molecule has 88 valence electrons. The van der Waals surface area contributed by atoms with E-state index in [0.29, 0.717) is 4.68 Å². The molecule has 2 heterocycles. The van der Waals surface area contributed by atoms with Crippen molar-refractivity contribution >= 4 is 5.97 Å². The summed E-state index contributed by atoms with van der Waals surface area (Å²) in [4.78, 5) is 15.0. The lowest BCUT2D eigenvalue weighted by Gasteiger charge is -2.00. The Hall–Kier alpha value is -2.24. The molecule has 6 heteroatoms. The first-order valence-electron chi connectivity index (χ1n) is 6.17. The zero-order chi connectivity index (χ0) is 15.1. The summed E-state index contributed by atoms with van der Waals surface area (Å²) >= 11 is 0. The molecule has 0 atom stereocenters. The van der Waals surface area contributed by atoms with Crippen molar-refractivity contribution in [3.05, 3.63) is 35.5 Å². The fraction of sp³-hybridized carbons (Fsp3) is 0.182. The van der Waals surface area contributed by atoms with Gasteiger partial charge in [0.1, 0.15) is 5.82 Å². The van der Waals surface area contributed by atoms with E-state index in [1.165, 1.54) is 13.0 Å². The van der Waals surface area contributed by atoms with Crippen LogP contribution in [-0.4, -0.2) is 25.8 Å². The molecular weight excluding hydrogens is 225 g/mol. The standard InChI is InChI=1S/C11H10FN3O2/c1-6-9(8-4-3-7(12)5-13-8)10(11(16)17)14-15(6)2/h3-5H,1-2H3,(H,16,17)/i2D3. The van der Waals surface area contributed by atoms with Crippen LogP contribution in [0, 0.1) is 12.7 Å². The number of carboxylic acids is 1. The van der Waals surface area contributed by atoms with Gasteiger partial charge in [-0.2, -0.15) is 5.10 Å². The highest BCUT2D eigenvalue weighted by molar-refractivity contribution is 5.94. The van der Waals surface area contributed by atoms with Crippen LogP contribution in [0.2, 0.25) is 0 Å². The summed E-state index contributed by atoms with van der Waals surface area (Å²) in [6, 6.07) is 2.38. The Labute approximate surface area is 101 Å². The van der Waals surface area contributed by atoms with E-state index in [1.807, 2.05) is 0 Å². The summed E-state index contributed by atoms with van der Waals surface area (Å²) in [7, 11) is 0. The molecule has 0 saturated heterocycles. The lowest BCUT2D eigenvalue weighted by atomic mass is 10.1. The van der Waals surface area contributed by atoms with Crippen LogP contribution in [0.25, 0.3) is 11.3 Å². The molecule has 0 radical (unpaired) electrons. The highest BCUT2D eigenvalue weighted by Gasteiger charge is 2.21. The molecule has 0 spiro atoms. The number of halogens is 1. The Morgan fingerprint density at radius 3 is 2.88 bits per heavy atom. The van der Waals surface area contributed by atoms with Gasteiger partial charge in [-0.25, -0.2) is 9.18 Å². The second-order valence-electron chi connectivity index (χ2n) is 3.39. The Bertz CT molecular complexity index is 665. The van der Waals surface area contributed by atoms with Crippen molar-refractivity contribution in [2.24, 2.45) is 6.98 Å². The Morgan fingerprint density at radius 1 is 1.59 bits per heavy atom. The maximum absolute atomic E-state index is 12.9. The van der Waals surface area contributed by atoms with Crippen molar-refractivity contribution in [1.29, 1.82) is 0 Å². The zero-order valence-corrected chi connectivity index (χ0v) is 8.81. The van der Waals surface area contributed by atoms with Gasteiger partial charge in [-0.05, 0) is 19.1 Å². The van der Waals surface area contributed by atoms with E-state index < -0.39 is 24.5 Å². The van der Waals surface area contributed by atoms with Gasteiger partial charge in [0.2, 0.25) is 0 Å². The molecule has 17 heavy (non-hydrogen) atoms. The van der Waals surface area contributed by atoms with Crippen LogP contribution in [0.15, 0.2) is 18.3 Å². The molecule has 0 aliphatic heterocycles. The molecule has 2 aromatic heterocycles. The monoisotopic (exact) mass is 238 g/mol. The summed E-state index contributed by atoms with van der Waals surface area (Å²) in [6.07, 6.45) is 0.924. The lowest BCUT2D eigenvalue weighted by Crippen LogP contribution is -2.01. The molecule has 0 bridgehead atoms. The number of carbonyl (C=O) groups is 1. The highest BCUT2D eigenvalue weighted by Crippen LogP contribution is 2.25. The first-order chi connectivity index (χ1) is 9.21. The molecule has 0 fully saturated rings. The molecule has 5 nitrogen and oxygen atoms in total. The van der Waals surface area contributed by atoms with Crippen molar-refractivity contribution in [2.45, 2.75) is 6.92 Å². The van der Waals surface area contributed by atoms with Crippen LogP contribution in [0.4, 0.5) is 4.39 Å². The summed E-state index contributed by atoms with van der Waals surface area (Å²) in [5, 5.41) is 12.7. The van der Waals surface area contributed by atoms with E-state index in [-0.39, 0.29) is 17.0 Å². The van der Waals surface area contributed by atoms with Gasteiger partial charge in [-0.3, -0.25) is 9.67 Å². The number of rotatable bonds is 2. The highest BCUT2D eigenvalue weighted by atomic mass is 19.1. The minimum Gasteiger partial charge on any atom is -0.476 e. The van der Waals surface area contributed by atoms with Crippen molar-refractivity contribution in [3.63, 3.8) is 0 Å². The van der Waals surface area contributed by atoms with Crippen LogP contribution >= 0.6 is 0 Å². The van der Waals surface area contributed by atoms with Gasteiger partial charge in [0.15, 0.2) is 5.69 Å². The SMILES string of the molecule is [2H]C([2H])([2H])n1nc(C(=O)O)c(-c2ccc(F)cn2)c1C. The van der Waals surface area contributed by atoms with Crippen LogP contribution in [0.3, 0.4) is 0 Å². The van der Waals surface area contributed by atoms with Gasteiger partial charge in [0.05, 0.1) is 17.5 Å². The van der Waals surface area contributed by atoms with Crippen LogP contribution in [0.5, 0.6) is 0 Å². The lowest BCUT2D eigenvalue weighted by molar-refractivity contribution is 0.0690. The number of aromatic nitrogens is 3. The van der Waals surface area contributed by atoms with E-state index in [2.05, 4.69) is 10.1 Å². The first-order valence-corrected chi connectivity index (χ1v) is 4.67. The fourth-order valence-corrected chi connectivity index (χ4v) is 1.48. The number of aryl methyl sites for hydroxylation is 1. The van der Waals surface area contributed by atoms with Crippen molar-refractivity contribution in [3.8, 4) is 11.3 Å². The van der Waals surface area contributed by atoms with Crippen molar-refractivity contribution in [1.82, 2.24) is 14.8 Å². The van der Waals surface area contributed by atoms with E-state index in [0.717, 1.165) is 12.3 Å². The Morgan fingerprint density at radius 2 is 2.35 bits per heavy atom. The fourth-order valence-electron chi connectivity index (χ4n) is 1.48. The van der Waals surface area contributed by atoms with Crippen molar-refractivity contribution < 1.29 is 18.4 Å². The summed E-state index contributed by atoms with van der Waals surface area (Å²) in [5.74, 6) is -1.95. The minimum atomic E-state index is -2.60. The van der Waals surface area contributed by atoms with E-state index >= 15 is 0 Å². The average Bonchev–Trinajstić information content (AvgIpc) is 2.68. The second kappa shape index (κ2) is 3.97. The molecule has 1 N–H and O–H groups in total. The Kier molecular flexibility index (Phi) is 1.85. The number of hydrogen-bond donors (Lipinski definition) is 1. The molecule has 0 unspecified atom stereocenters. The number of pyridine rings is 1. The van der Waals surface area contributed by atoms with Gasteiger partial charge in [0.25, 0.3) is 0 Å². The third kappa shape index (κ3) is 1.89. The van der Waals surface area contributed by atoms with E-state index in [4.69, 9.17) is 9.22 Å². The third-order valence-corrected chi connectivity index (χ3v) is 2.30. The topological polar surface area (TPSA) is 68.0 Å². The smallest absolute Gasteiger partial charge is 0.357 e. The zero-order valence-electron chi connectivity index (χ0n) is 11.8. The van der Waals surface area contributed by atoms with Gasteiger partial charge >= 0.3 is 5.97 Å². The molecular formula is C11H10FN3O2. The van der Waals surface area contributed by atoms with Gasteiger partial charge < -0.3 is 5.11 Å². The quantitative estimate of drug-likeness (QED) is 0.863. The number of aromatic carboxylic acids is 1. The van der Waals surface area contributed by atoms with Crippen LogP contribution in [-0.2, 0) is 6.98 Å². The second-order valence-corrected chi connectivity index (χ2v) is 3.39. The molecule has 0 aromatic carbocycles. The molecule has 0 amide bonds. The van der Waals surface area contributed by atoms with Gasteiger partial charge in [0, 0.05) is 16.8 Å². The van der Waals surface area contributed by atoms with Gasteiger partial charge in [-0.15, -0.1) is 0 Å². The molecule has 0 aliphatic carbocycles. The molecule has 0 aliphatic rings. The van der Waals surface area contributed by atoms with Crippen molar-refractivity contribution in [2.75, 3.05) is 0 Å². The number of carboxylic acid groups (broad SMARTS) is 1. The van der Waals surface area contributed by atoms with E-state index in [1.54, 1.807) is 0 Å². The predicted molar refractivity (Wildman–Crippen MR) is 58.1 cm³/mol. The summed E-state index contributed by atoms with van der Waals surface area (Å²) in [6.45, 7) is -1.18. The van der Waals surface area contributed by atoms with Crippen LogP contribution in [0.1, 0.15) is 20.3 Å². The van der Waals surface area contributed by atoms with Gasteiger partial charge in [-0.1, -0.05) is 0 Å². The molecule has 2 aromatic rings. The maximum Gasteiger partial charge on any atom is 0.357 e. The number of hydrogen-bond acceptors (Lipinski definition) is 3.